The van der Waals surface area contributed by atoms with Gasteiger partial charge in [0.2, 0.25) is 5.91 Å². The Hall–Kier alpha value is -2.99. The predicted octanol–water partition coefficient (Wildman–Crippen LogP) is 3.41. The standard InChI is InChI=1S/C22H23NO4S/c1-26-20-9-6-10-21(27-2)19(20)12-11-17(24)14-18(28)15-23-22(25)13-16-7-4-3-5-8-16/h3-12H,13-15H2,1-2H3,(H,23,25)/b12-11+. The van der Waals surface area contributed by atoms with Crippen molar-refractivity contribution in [1.82, 2.24) is 5.32 Å². The molecular weight excluding hydrogens is 374 g/mol. The van der Waals surface area contributed by atoms with Gasteiger partial charge in [-0.05, 0) is 29.8 Å². The minimum absolute atomic E-state index is 0.0783. The molecule has 28 heavy (non-hydrogen) atoms. The first kappa shape index (κ1) is 21.3. The Morgan fingerprint density at radius 3 is 2.25 bits per heavy atom. The topological polar surface area (TPSA) is 64.6 Å². The smallest absolute Gasteiger partial charge is 0.224 e. The first-order chi connectivity index (χ1) is 13.5. The molecule has 0 aliphatic carbocycles. The highest BCUT2D eigenvalue weighted by atomic mass is 32.1. The molecule has 1 amide bonds. The normalized spacial score (nSPS) is 10.5. The fourth-order valence-electron chi connectivity index (χ4n) is 2.58. The molecule has 0 radical (unpaired) electrons. The lowest BCUT2D eigenvalue weighted by Gasteiger charge is -2.09. The number of rotatable bonds is 10. The van der Waals surface area contributed by atoms with Gasteiger partial charge >= 0.3 is 0 Å². The number of allylic oxidation sites excluding steroid dienone is 1. The molecule has 5 nitrogen and oxygen atoms in total. The van der Waals surface area contributed by atoms with Crippen LogP contribution in [0.1, 0.15) is 17.5 Å². The summed E-state index contributed by atoms with van der Waals surface area (Å²) >= 11 is 5.22. The van der Waals surface area contributed by atoms with Gasteiger partial charge in [0.15, 0.2) is 5.78 Å². The van der Waals surface area contributed by atoms with Crippen molar-refractivity contribution in [3.63, 3.8) is 0 Å². The van der Waals surface area contributed by atoms with Crippen LogP contribution < -0.4 is 14.8 Å². The lowest BCUT2D eigenvalue weighted by Crippen LogP contribution is -2.30. The number of ether oxygens (including phenoxy) is 2. The summed E-state index contributed by atoms with van der Waals surface area (Å²) in [7, 11) is 3.11. The van der Waals surface area contributed by atoms with E-state index in [1.807, 2.05) is 36.4 Å². The van der Waals surface area contributed by atoms with Crippen molar-refractivity contribution in [1.29, 1.82) is 0 Å². The second kappa shape index (κ2) is 11.0. The maximum absolute atomic E-state index is 12.2. The zero-order chi connectivity index (χ0) is 20.4. The SMILES string of the molecule is COc1cccc(OC)c1/C=C/C(=O)CC(=S)CNC(=O)Cc1ccccc1. The summed E-state index contributed by atoms with van der Waals surface area (Å²) < 4.78 is 10.6. The summed E-state index contributed by atoms with van der Waals surface area (Å²) in [4.78, 5) is 24.6. The third-order valence-electron chi connectivity index (χ3n) is 3.96. The maximum Gasteiger partial charge on any atom is 0.224 e. The van der Waals surface area contributed by atoms with Gasteiger partial charge in [0, 0.05) is 17.8 Å². The van der Waals surface area contributed by atoms with Crippen LogP contribution in [0, 0.1) is 0 Å². The Labute approximate surface area is 170 Å². The van der Waals surface area contributed by atoms with Crippen LogP contribution in [0.2, 0.25) is 0 Å². The van der Waals surface area contributed by atoms with Gasteiger partial charge in [0.1, 0.15) is 11.5 Å². The lowest BCUT2D eigenvalue weighted by atomic mass is 10.1. The van der Waals surface area contributed by atoms with Gasteiger partial charge in [0.05, 0.1) is 26.2 Å². The highest BCUT2D eigenvalue weighted by molar-refractivity contribution is 7.80. The largest absolute Gasteiger partial charge is 0.496 e. The van der Waals surface area contributed by atoms with Crippen LogP contribution in [0.4, 0.5) is 0 Å². The Morgan fingerprint density at radius 2 is 1.64 bits per heavy atom. The van der Waals surface area contributed by atoms with Crippen molar-refractivity contribution in [2.24, 2.45) is 0 Å². The number of carbonyl (C=O) groups is 2. The van der Waals surface area contributed by atoms with E-state index in [4.69, 9.17) is 21.7 Å². The molecule has 0 atom stereocenters. The van der Waals surface area contributed by atoms with E-state index in [1.54, 1.807) is 32.4 Å². The minimum atomic E-state index is -0.157. The van der Waals surface area contributed by atoms with E-state index in [1.165, 1.54) is 6.08 Å². The molecule has 2 aromatic carbocycles. The third-order valence-corrected chi connectivity index (χ3v) is 4.25. The van der Waals surface area contributed by atoms with E-state index in [-0.39, 0.29) is 31.1 Å². The number of nitrogens with one attached hydrogen (secondary N) is 1. The van der Waals surface area contributed by atoms with Gasteiger partial charge in [-0.15, -0.1) is 0 Å². The Morgan fingerprint density at radius 1 is 1.00 bits per heavy atom. The van der Waals surface area contributed by atoms with Crippen molar-refractivity contribution in [3.8, 4) is 11.5 Å². The lowest BCUT2D eigenvalue weighted by molar-refractivity contribution is -0.120. The number of methoxy groups -OCH3 is 2. The van der Waals surface area contributed by atoms with Crippen LogP contribution in [-0.2, 0) is 16.0 Å². The number of ketones is 1. The zero-order valence-electron chi connectivity index (χ0n) is 15.9. The number of benzene rings is 2. The van der Waals surface area contributed by atoms with E-state index in [0.29, 0.717) is 21.9 Å². The molecule has 1 N–H and O–H groups in total. The Bertz CT molecular complexity index is 840. The quantitative estimate of drug-likeness (QED) is 0.492. The molecule has 0 aliphatic rings. The third kappa shape index (κ3) is 6.63. The van der Waals surface area contributed by atoms with E-state index in [2.05, 4.69) is 5.32 Å². The average Bonchev–Trinajstić information content (AvgIpc) is 2.71. The van der Waals surface area contributed by atoms with Crippen LogP contribution in [-0.4, -0.2) is 37.3 Å². The molecule has 2 rings (SSSR count). The molecule has 0 spiro atoms. The first-order valence-electron chi connectivity index (χ1n) is 8.77. The molecular formula is C22H23NO4S. The highest BCUT2D eigenvalue weighted by Gasteiger charge is 2.09. The van der Waals surface area contributed by atoms with E-state index < -0.39 is 0 Å². The Balaban J connectivity index is 1.85. The molecule has 0 saturated carbocycles. The van der Waals surface area contributed by atoms with Gasteiger partial charge < -0.3 is 14.8 Å². The highest BCUT2D eigenvalue weighted by Crippen LogP contribution is 2.29. The van der Waals surface area contributed by atoms with Crippen molar-refractivity contribution in [2.45, 2.75) is 12.8 Å². The summed E-state index contributed by atoms with van der Waals surface area (Å²) in [6.07, 6.45) is 3.45. The van der Waals surface area contributed by atoms with Gasteiger partial charge in [-0.25, -0.2) is 0 Å². The molecule has 0 saturated heterocycles. The first-order valence-corrected chi connectivity index (χ1v) is 9.18. The van der Waals surface area contributed by atoms with Crippen LogP contribution in [0.3, 0.4) is 0 Å². The van der Waals surface area contributed by atoms with Crippen LogP contribution in [0.25, 0.3) is 6.08 Å². The summed E-state index contributed by atoms with van der Waals surface area (Å²) in [5, 5.41) is 2.75. The predicted molar refractivity (Wildman–Crippen MR) is 114 cm³/mol. The van der Waals surface area contributed by atoms with Crippen LogP contribution >= 0.6 is 12.2 Å². The Kier molecular flexibility index (Phi) is 8.37. The molecule has 0 heterocycles. The van der Waals surface area contributed by atoms with Gasteiger partial charge in [0.25, 0.3) is 0 Å². The zero-order valence-corrected chi connectivity index (χ0v) is 16.8. The fourth-order valence-corrected chi connectivity index (χ4v) is 2.79. The summed E-state index contributed by atoms with van der Waals surface area (Å²) in [6.45, 7) is 0.193. The van der Waals surface area contributed by atoms with Gasteiger partial charge in [-0.2, -0.15) is 0 Å². The number of carbonyl (C=O) groups excluding carboxylic acids is 2. The molecule has 0 fully saturated rings. The van der Waals surface area contributed by atoms with Crippen LogP contribution in [0.5, 0.6) is 11.5 Å². The van der Waals surface area contributed by atoms with Crippen LogP contribution in [0.15, 0.2) is 54.6 Å². The molecule has 0 bridgehead atoms. The molecule has 0 unspecified atom stereocenters. The van der Waals surface area contributed by atoms with E-state index >= 15 is 0 Å². The number of hydrogen-bond donors (Lipinski definition) is 1. The van der Waals surface area contributed by atoms with E-state index in [9.17, 15) is 9.59 Å². The average molecular weight is 397 g/mol. The summed E-state index contributed by atoms with van der Waals surface area (Å²) in [5.74, 6) is 0.934. The summed E-state index contributed by atoms with van der Waals surface area (Å²) in [5.41, 5.74) is 1.61. The van der Waals surface area contributed by atoms with Crippen molar-refractivity contribution >= 4 is 34.8 Å². The van der Waals surface area contributed by atoms with Gasteiger partial charge in [-0.3, -0.25) is 9.59 Å². The second-order valence-corrected chi connectivity index (χ2v) is 6.61. The fraction of sp³-hybridized carbons (Fsp3) is 0.227. The molecule has 6 heteroatoms. The monoisotopic (exact) mass is 397 g/mol. The number of thiocarbonyl (C=S) groups is 1. The minimum Gasteiger partial charge on any atom is -0.496 e. The molecule has 2 aromatic rings. The van der Waals surface area contributed by atoms with E-state index in [0.717, 1.165) is 5.56 Å². The van der Waals surface area contributed by atoms with Crippen molar-refractivity contribution in [2.75, 3.05) is 20.8 Å². The van der Waals surface area contributed by atoms with Crippen molar-refractivity contribution in [3.05, 3.63) is 65.7 Å². The molecule has 0 aliphatic heterocycles. The van der Waals surface area contributed by atoms with Crippen molar-refractivity contribution < 1.29 is 19.1 Å². The molecule has 0 aromatic heterocycles. The number of amides is 1. The van der Waals surface area contributed by atoms with Gasteiger partial charge in [-0.1, -0.05) is 48.6 Å². The summed E-state index contributed by atoms with van der Waals surface area (Å²) in [6, 6.07) is 14.8. The molecule has 146 valence electrons. The maximum atomic E-state index is 12.2. The second-order valence-electron chi connectivity index (χ2n) is 6.03. The number of hydrogen-bond acceptors (Lipinski definition) is 5.